The first-order chi connectivity index (χ1) is 13.2. The van der Waals surface area contributed by atoms with Crippen molar-refractivity contribution in [2.24, 2.45) is 5.73 Å². The number of nitrogens with zero attached hydrogens (tertiary/aromatic N) is 3. The van der Waals surface area contributed by atoms with E-state index in [1.165, 1.54) is 28.8 Å². The average molecular weight is 418 g/mol. The molecule has 150 valence electrons. The smallest absolute Gasteiger partial charge is 0.146 e. The molecule has 28 heavy (non-hydrogen) atoms. The maximum atomic E-state index is 6.35. The Balaban J connectivity index is 0.00000225. The molecular formula is C21H28ClN5S. The third-order valence-electron chi connectivity index (χ3n) is 5.26. The van der Waals surface area contributed by atoms with Crippen molar-refractivity contribution in [2.75, 3.05) is 25.4 Å². The molecule has 1 aliphatic rings. The number of anilines is 1. The summed E-state index contributed by atoms with van der Waals surface area (Å²) in [5, 5.41) is 1.10. The van der Waals surface area contributed by atoms with E-state index in [4.69, 9.17) is 16.5 Å². The summed E-state index contributed by atoms with van der Waals surface area (Å²) in [6.07, 6.45) is 5.76. The Bertz CT molecular complexity index is 912. The van der Waals surface area contributed by atoms with E-state index in [1.54, 1.807) is 11.3 Å². The topological polar surface area (TPSA) is 81.1 Å². The number of aryl methyl sites for hydroxylation is 2. The zero-order chi connectivity index (χ0) is 18.6. The number of nitrogens with two attached hydrogens (primary N) is 2. The average Bonchev–Trinajstić information content (AvgIpc) is 3.06. The molecule has 3 aromatic rings. The molecule has 4 rings (SSSR count). The lowest BCUT2D eigenvalue weighted by molar-refractivity contribution is 0.270. The Morgan fingerprint density at radius 3 is 2.61 bits per heavy atom. The minimum atomic E-state index is 0. The first kappa shape index (κ1) is 21.0. The minimum absolute atomic E-state index is 0. The third kappa shape index (κ3) is 4.63. The lowest BCUT2D eigenvalue weighted by Crippen LogP contribution is -2.31. The van der Waals surface area contributed by atoms with E-state index < -0.39 is 0 Å². The van der Waals surface area contributed by atoms with Crippen LogP contribution in [0.2, 0.25) is 0 Å². The normalized spacial score (nSPS) is 13.5. The molecule has 0 bridgehead atoms. The van der Waals surface area contributed by atoms with E-state index in [1.807, 2.05) is 6.07 Å². The molecule has 0 atom stereocenters. The summed E-state index contributed by atoms with van der Waals surface area (Å²) < 4.78 is 0. The molecule has 0 amide bonds. The Kier molecular flexibility index (Phi) is 7.24. The van der Waals surface area contributed by atoms with Crippen LogP contribution in [0.3, 0.4) is 0 Å². The van der Waals surface area contributed by atoms with Crippen LogP contribution >= 0.6 is 23.7 Å². The molecule has 0 radical (unpaired) electrons. The molecule has 0 aliphatic heterocycles. The van der Waals surface area contributed by atoms with Crippen LogP contribution in [-0.4, -0.2) is 34.5 Å². The van der Waals surface area contributed by atoms with Gasteiger partial charge in [0.15, 0.2) is 0 Å². The highest BCUT2D eigenvalue weighted by molar-refractivity contribution is 7.19. The maximum Gasteiger partial charge on any atom is 0.146 e. The standard InChI is InChI=1S/C21H27N5S.ClH/c22-11-13-26(12-10-15-6-2-1-3-7-15)14-18-24-20(23)19-16-8-4-5-9-17(16)27-21(19)25-18;/h1-3,6-7H,4-5,8-14,22H2,(H2,23,24,25);1H. The Labute approximate surface area is 176 Å². The van der Waals surface area contributed by atoms with Crippen molar-refractivity contribution in [1.29, 1.82) is 0 Å². The summed E-state index contributed by atoms with van der Waals surface area (Å²) in [7, 11) is 0. The molecule has 7 heteroatoms. The number of fused-ring (bicyclic) bond motifs is 3. The number of nitrogen functional groups attached to an aromatic ring is 1. The van der Waals surface area contributed by atoms with Gasteiger partial charge in [-0.05, 0) is 43.2 Å². The van der Waals surface area contributed by atoms with Crippen LogP contribution in [0.15, 0.2) is 30.3 Å². The van der Waals surface area contributed by atoms with Gasteiger partial charge in [0.25, 0.3) is 0 Å². The Morgan fingerprint density at radius 1 is 1.04 bits per heavy atom. The van der Waals surface area contributed by atoms with Crippen LogP contribution in [-0.2, 0) is 25.8 Å². The van der Waals surface area contributed by atoms with E-state index in [-0.39, 0.29) is 12.4 Å². The monoisotopic (exact) mass is 417 g/mol. The van der Waals surface area contributed by atoms with E-state index in [9.17, 15) is 0 Å². The Morgan fingerprint density at radius 2 is 1.82 bits per heavy atom. The van der Waals surface area contributed by atoms with Crippen LogP contribution in [0.25, 0.3) is 10.2 Å². The summed E-state index contributed by atoms with van der Waals surface area (Å²) in [5.41, 5.74) is 14.9. The fourth-order valence-electron chi connectivity index (χ4n) is 3.89. The van der Waals surface area contributed by atoms with Crippen LogP contribution in [0.4, 0.5) is 5.82 Å². The van der Waals surface area contributed by atoms with Crippen molar-refractivity contribution < 1.29 is 0 Å². The summed E-state index contributed by atoms with van der Waals surface area (Å²) in [6, 6.07) is 10.5. The number of rotatable bonds is 7. The first-order valence-electron chi connectivity index (χ1n) is 9.77. The second kappa shape index (κ2) is 9.65. The number of hydrogen-bond acceptors (Lipinski definition) is 6. The zero-order valence-corrected chi connectivity index (χ0v) is 17.7. The van der Waals surface area contributed by atoms with Gasteiger partial charge < -0.3 is 11.5 Å². The predicted octanol–water partition coefficient (Wildman–Crippen LogP) is 3.58. The molecule has 1 aromatic carbocycles. The number of halogens is 1. The van der Waals surface area contributed by atoms with Crippen LogP contribution in [0.1, 0.15) is 34.7 Å². The second-order valence-corrected chi connectivity index (χ2v) is 8.30. The van der Waals surface area contributed by atoms with Crippen molar-refractivity contribution in [1.82, 2.24) is 14.9 Å². The highest BCUT2D eigenvalue weighted by atomic mass is 35.5. The van der Waals surface area contributed by atoms with Gasteiger partial charge in [0.2, 0.25) is 0 Å². The highest BCUT2D eigenvalue weighted by Gasteiger charge is 2.20. The van der Waals surface area contributed by atoms with E-state index in [2.05, 4.69) is 34.1 Å². The molecule has 0 saturated heterocycles. The molecule has 2 aromatic heterocycles. The van der Waals surface area contributed by atoms with E-state index in [0.29, 0.717) is 18.9 Å². The minimum Gasteiger partial charge on any atom is -0.383 e. The highest BCUT2D eigenvalue weighted by Crippen LogP contribution is 2.37. The summed E-state index contributed by atoms with van der Waals surface area (Å²) in [5.74, 6) is 1.45. The molecule has 0 unspecified atom stereocenters. The molecule has 0 spiro atoms. The van der Waals surface area contributed by atoms with Gasteiger partial charge in [-0.3, -0.25) is 4.90 Å². The second-order valence-electron chi connectivity index (χ2n) is 7.22. The van der Waals surface area contributed by atoms with Gasteiger partial charge in [-0.15, -0.1) is 23.7 Å². The first-order valence-corrected chi connectivity index (χ1v) is 10.6. The van der Waals surface area contributed by atoms with Crippen LogP contribution < -0.4 is 11.5 Å². The number of aromatic nitrogens is 2. The molecule has 5 nitrogen and oxygen atoms in total. The fourth-order valence-corrected chi connectivity index (χ4v) is 5.17. The molecule has 0 saturated carbocycles. The third-order valence-corrected chi connectivity index (χ3v) is 6.44. The molecule has 0 fully saturated rings. The van der Waals surface area contributed by atoms with Crippen molar-refractivity contribution in [3.63, 3.8) is 0 Å². The van der Waals surface area contributed by atoms with Gasteiger partial charge in [-0.2, -0.15) is 0 Å². The summed E-state index contributed by atoms with van der Waals surface area (Å²) in [4.78, 5) is 14.3. The number of thiophene rings is 1. The lowest BCUT2D eigenvalue weighted by atomic mass is 9.97. The van der Waals surface area contributed by atoms with Gasteiger partial charge in [-0.25, -0.2) is 9.97 Å². The molecular weight excluding hydrogens is 390 g/mol. The molecule has 4 N–H and O–H groups in total. The van der Waals surface area contributed by atoms with Crippen molar-refractivity contribution in [3.8, 4) is 0 Å². The van der Waals surface area contributed by atoms with Crippen molar-refractivity contribution in [3.05, 3.63) is 52.2 Å². The summed E-state index contributed by atoms with van der Waals surface area (Å²) in [6.45, 7) is 3.07. The van der Waals surface area contributed by atoms with Gasteiger partial charge in [0, 0.05) is 24.5 Å². The van der Waals surface area contributed by atoms with Crippen molar-refractivity contribution >= 4 is 39.8 Å². The van der Waals surface area contributed by atoms with E-state index >= 15 is 0 Å². The largest absolute Gasteiger partial charge is 0.383 e. The van der Waals surface area contributed by atoms with Crippen LogP contribution in [0, 0.1) is 0 Å². The number of benzene rings is 1. The van der Waals surface area contributed by atoms with Gasteiger partial charge in [-0.1, -0.05) is 30.3 Å². The lowest BCUT2D eigenvalue weighted by Gasteiger charge is -2.21. The molecule has 1 aliphatic carbocycles. The maximum absolute atomic E-state index is 6.35. The summed E-state index contributed by atoms with van der Waals surface area (Å²) >= 11 is 1.80. The number of hydrogen-bond donors (Lipinski definition) is 2. The van der Waals surface area contributed by atoms with Gasteiger partial charge in [0.1, 0.15) is 16.5 Å². The van der Waals surface area contributed by atoms with E-state index in [0.717, 1.165) is 48.4 Å². The van der Waals surface area contributed by atoms with Crippen LogP contribution in [0.5, 0.6) is 0 Å². The SMILES string of the molecule is Cl.NCCN(CCc1ccccc1)Cc1nc(N)c2c3c(sc2n1)CCCC3. The zero-order valence-electron chi connectivity index (χ0n) is 16.1. The van der Waals surface area contributed by atoms with Gasteiger partial charge in [0.05, 0.1) is 11.9 Å². The van der Waals surface area contributed by atoms with Gasteiger partial charge >= 0.3 is 0 Å². The molecule has 2 heterocycles. The fraction of sp³-hybridized carbons (Fsp3) is 0.429. The quantitative estimate of drug-likeness (QED) is 0.614. The Hall–Kier alpha value is -1.73. The van der Waals surface area contributed by atoms with Crippen molar-refractivity contribution in [2.45, 2.75) is 38.6 Å². The predicted molar refractivity (Wildman–Crippen MR) is 120 cm³/mol.